The van der Waals surface area contributed by atoms with Crippen LogP contribution in [0.5, 0.6) is 5.75 Å². The zero-order chi connectivity index (χ0) is 17.0. The van der Waals surface area contributed by atoms with Crippen molar-refractivity contribution in [2.45, 2.75) is 13.8 Å². The lowest BCUT2D eigenvalue weighted by atomic mass is 10.2. The number of benzene rings is 2. The quantitative estimate of drug-likeness (QED) is 0.669. The third-order valence-corrected chi connectivity index (χ3v) is 3.05. The minimum Gasteiger partial charge on any atom is -0.506 e. The summed E-state index contributed by atoms with van der Waals surface area (Å²) in [5, 5.41) is 17.9. The second-order valence-electron chi connectivity index (χ2n) is 4.81. The fourth-order valence-electron chi connectivity index (χ4n) is 2.01. The Balaban J connectivity index is 2.31. The van der Waals surface area contributed by atoms with Gasteiger partial charge in [0.25, 0.3) is 0 Å². The van der Waals surface area contributed by atoms with E-state index >= 15 is 0 Å². The van der Waals surface area contributed by atoms with E-state index in [0.29, 0.717) is 11.4 Å². The average molecular weight is 312 g/mol. The SMILES string of the molecule is CC(=O)N(C(C)=O)c1ccc(N=Nc2ccccc2N)c(O)c1. The number of imide groups is 1. The Labute approximate surface area is 133 Å². The lowest BCUT2D eigenvalue weighted by Crippen LogP contribution is -2.32. The van der Waals surface area contributed by atoms with Crippen LogP contribution in [0.25, 0.3) is 0 Å². The van der Waals surface area contributed by atoms with Crippen LogP contribution in [0.2, 0.25) is 0 Å². The molecule has 0 radical (unpaired) electrons. The van der Waals surface area contributed by atoms with E-state index in [-0.39, 0.29) is 17.1 Å². The summed E-state index contributed by atoms with van der Waals surface area (Å²) in [6.07, 6.45) is 0. The second-order valence-corrected chi connectivity index (χ2v) is 4.81. The molecule has 23 heavy (non-hydrogen) atoms. The predicted molar refractivity (Wildman–Crippen MR) is 87.0 cm³/mol. The molecule has 2 amide bonds. The summed E-state index contributed by atoms with van der Waals surface area (Å²) in [5.41, 5.74) is 7.16. The van der Waals surface area contributed by atoms with E-state index in [0.717, 1.165) is 4.90 Å². The van der Waals surface area contributed by atoms with Crippen LogP contribution in [0.15, 0.2) is 52.7 Å². The molecule has 0 heterocycles. The molecule has 0 fully saturated rings. The largest absolute Gasteiger partial charge is 0.506 e. The van der Waals surface area contributed by atoms with Crippen molar-refractivity contribution in [3.63, 3.8) is 0 Å². The highest BCUT2D eigenvalue weighted by molar-refractivity contribution is 6.13. The van der Waals surface area contributed by atoms with Gasteiger partial charge in [-0.05, 0) is 24.3 Å². The maximum absolute atomic E-state index is 11.5. The molecular weight excluding hydrogens is 296 g/mol. The van der Waals surface area contributed by atoms with Crippen molar-refractivity contribution in [3.05, 3.63) is 42.5 Å². The molecule has 0 saturated heterocycles. The summed E-state index contributed by atoms with van der Waals surface area (Å²) in [5.74, 6) is -1.08. The van der Waals surface area contributed by atoms with E-state index < -0.39 is 11.8 Å². The third-order valence-electron chi connectivity index (χ3n) is 3.05. The molecule has 7 nitrogen and oxygen atoms in total. The summed E-state index contributed by atoms with van der Waals surface area (Å²) in [6, 6.07) is 11.2. The first-order valence-corrected chi connectivity index (χ1v) is 6.80. The van der Waals surface area contributed by atoms with Gasteiger partial charge in [-0.15, -0.1) is 10.2 Å². The van der Waals surface area contributed by atoms with Crippen molar-refractivity contribution in [1.82, 2.24) is 0 Å². The molecule has 0 aliphatic carbocycles. The van der Waals surface area contributed by atoms with Gasteiger partial charge >= 0.3 is 0 Å². The lowest BCUT2D eigenvalue weighted by Gasteiger charge is -2.17. The molecule has 0 aliphatic rings. The van der Waals surface area contributed by atoms with Crippen molar-refractivity contribution < 1.29 is 14.7 Å². The van der Waals surface area contributed by atoms with Crippen molar-refractivity contribution in [3.8, 4) is 5.75 Å². The van der Waals surface area contributed by atoms with Crippen LogP contribution in [0.1, 0.15) is 13.8 Å². The van der Waals surface area contributed by atoms with Gasteiger partial charge in [-0.2, -0.15) is 0 Å². The zero-order valence-corrected chi connectivity index (χ0v) is 12.7. The standard InChI is InChI=1S/C16H16N4O3/c1-10(21)20(11(2)22)12-7-8-15(16(23)9-12)19-18-14-6-4-3-5-13(14)17/h3-9,23H,17H2,1-2H3. The Hall–Kier alpha value is -3.22. The fraction of sp³-hybridized carbons (Fsp3) is 0.125. The molecule has 118 valence electrons. The molecule has 2 rings (SSSR count). The molecule has 2 aromatic carbocycles. The Morgan fingerprint density at radius 3 is 2.17 bits per heavy atom. The van der Waals surface area contributed by atoms with E-state index in [1.807, 2.05) is 0 Å². The first kappa shape index (κ1) is 16.2. The van der Waals surface area contributed by atoms with Gasteiger partial charge in [0.2, 0.25) is 11.8 Å². The van der Waals surface area contributed by atoms with E-state index in [9.17, 15) is 14.7 Å². The van der Waals surface area contributed by atoms with Crippen molar-refractivity contribution in [2.75, 3.05) is 10.6 Å². The Bertz CT molecular complexity index is 773. The topological polar surface area (TPSA) is 108 Å². The summed E-state index contributed by atoms with van der Waals surface area (Å²) >= 11 is 0. The monoisotopic (exact) mass is 312 g/mol. The molecule has 2 aromatic rings. The minimum absolute atomic E-state index is 0.198. The van der Waals surface area contributed by atoms with Crippen LogP contribution in [-0.4, -0.2) is 16.9 Å². The first-order chi connectivity index (χ1) is 10.9. The number of phenols is 1. The number of amides is 2. The van der Waals surface area contributed by atoms with Gasteiger partial charge < -0.3 is 10.8 Å². The summed E-state index contributed by atoms with van der Waals surface area (Å²) in [6.45, 7) is 2.54. The fourth-order valence-corrected chi connectivity index (χ4v) is 2.01. The second kappa shape index (κ2) is 6.69. The van der Waals surface area contributed by atoms with Crippen molar-refractivity contribution >= 4 is 34.6 Å². The maximum Gasteiger partial charge on any atom is 0.230 e. The van der Waals surface area contributed by atoms with Gasteiger partial charge in [0.15, 0.2) is 0 Å². The molecule has 0 spiro atoms. The minimum atomic E-state index is -0.441. The predicted octanol–water partition coefficient (Wildman–Crippen LogP) is 3.29. The Morgan fingerprint density at radius 2 is 1.61 bits per heavy atom. The zero-order valence-electron chi connectivity index (χ0n) is 12.7. The molecule has 0 saturated carbocycles. The molecule has 3 N–H and O–H groups in total. The van der Waals surface area contributed by atoms with Crippen molar-refractivity contribution in [1.29, 1.82) is 0 Å². The number of nitrogens with zero attached hydrogens (tertiary/aromatic N) is 3. The van der Waals surface area contributed by atoms with Gasteiger partial charge in [-0.3, -0.25) is 14.5 Å². The summed E-state index contributed by atoms with van der Waals surface area (Å²) < 4.78 is 0. The summed E-state index contributed by atoms with van der Waals surface area (Å²) in [7, 11) is 0. The number of nitrogen functional groups attached to an aromatic ring is 1. The molecule has 7 heteroatoms. The number of hydrogen-bond donors (Lipinski definition) is 2. The number of para-hydroxylation sites is 1. The summed E-state index contributed by atoms with van der Waals surface area (Å²) in [4.78, 5) is 23.9. The van der Waals surface area contributed by atoms with Crippen LogP contribution in [0.3, 0.4) is 0 Å². The lowest BCUT2D eigenvalue weighted by molar-refractivity contribution is -0.124. The Morgan fingerprint density at radius 1 is 1.00 bits per heavy atom. The average Bonchev–Trinajstić information content (AvgIpc) is 2.47. The molecule has 0 atom stereocenters. The van der Waals surface area contributed by atoms with Gasteiger partial charge in [-0.25, -0.2) is 0 Å². The van der Waals surface area contributed by atoms with E-state index in [1.165, 1.54) is 32.0 Å². The van der Waals surface area contributed by atoms with Crippen LogP contribution >= 0.6 is 0 Å². The smallest absolute Gasteiger partial charge is 0.230 e. The highest BCUT2D eigenvalue weighted by Gasteiger charge is 2.17. The van der Waals surface area contributed by atoms with Crippen LogP contribution in [0.4, 0.5) is 22.7 Å². The van der Waals surface area contributed by atoms with Gasteiger partial charge in [-0.1, -0.05) is 12.1 Å². The molecule has 0 aromatic heterocycles. The molecule has 0 bridgehead atoms. The van der Waals surface area contributed by atoms with Gasteiger partial charge in [0, 0.05) is 19.9 Å². The maximum atomic E-state index is 11.5. The Kier molecular flexibility index (Phi) is 4.70. The third kappa shape index (κ3) is 3.70. The van der Waals surface area contributed by atoms with Crippen LogP contribution in [-0.2, 0) is 9.59 Å². The molecule has 0 aliphatic heterocycles. The van der Waals surface area contributed by atoms with Crippen LogP contribution in [0, 0.1) is 0 Å². The molecule has 0 unspecified atom stereocenters. The number of hydrogen-bond acceptors (Lipinski definition) is 6. The highest BCUT2D eigenvalue weighted by atomic mass is 16.3. The number of aromatic hydroxyl groups is 1. The number of phenolic OH excluding ortho intramolecular Hbond substituents is 1. The highest BCUT2D eigenvalue weighted by Crippen LogP contribution is 2.33. The number of azo groups is 1. The van der Waals surface area contributed by atoms with E-state index in [4.69, 9.17) is 5.73 Å². The van der Waals surface area contributed by atoms with Crippen molar-refractivity contribution in [2.24, 2.45) is 10.2 Å². The number of nitrogens with two attached hydrogens (primary N) is 1. The number of anilines is 2. The van der Waals surface area contributed by atoms with Crippen LogP contribution < -0.4 is 10.6 Å². The van der Waals surface area contributed by atoms with E-state index in [1.54, 1.807) is 24.3 Å². The number of carbonyl (C=O) groups excluding carboxylic acids is 2. The van der Waals surface area contributed by atoms with E-state index in [2.05, 4.69) is 10.2 Å². The number of rotatable bonds is 3. The first-order valence-electron chi connectivity index (χ1n) is 6.80. The van der Waals surface area contributed by atoms with Gasteiger partial charge in [0.05, 0.1) is 11.4 Å². The number of carbonyl (C=O) groups is 2. The van der Waals surface area contributed by atoms with Gasteiger partial charge in [0.1, 0.15) is 17.1 Å². The normalized spacial score (nSPS) is 10.7. The molecular formula is C16H16N4O3.